The first-order valence-electron chi connectivity index (χ1n) is 7.31. The van der Waals surface area contributed by atoms with Gasteiger partial charge in [-0.2, -0.15) is 0 Å². The lowest BCUT2D eigenvalue weighted by Crippen LogP contribution is -2.69. The molecule has 3 aliphatic heterocycles. The van der Waals surface area contributed by atoms with Gasteiger partial charge < -0.3 is 9.80 Å². The second-order valence-corrected chi connectivity index (χ2v) is 5.83. The normalized spacial score (nSPS) is 23.9. The minimum absolute atomic E-state index is 0.522. The average Bonchev–Trinajstić information content (AvgIpc) is 2.51. The molecule has 3 fully saturated rings. The summed E-state index contributed by atoms with van der Waals surface area (Å²) >= 11 is 0. The van der Waals surface area contributed by atoms with Crippen molar-refractivity contribution in [3.8, 4) is 0 Å². The van der Waals surface area contributed by atoms with Crippen molar-refractivity contribution >= 4 is 11.6 Å². The highest BCUT2D eigenvalue weighted by Gasteiger charge is 2.45. The summed E-state index contributed by atoms with van der Waals surface area (Å²) in [5.41, 5.74) is 2.25. The third-order valence-corrected chi connectivity index (χ3v) is 4.63. The fourth-order valence-electron chi connectivity index (χ4n) is 3.44. The summed E-state index contributed by atoms with van der Waals surface area (Å²) < 4.78 is 0. The lowest BCUT2D eigenvalue weighted by molar-refractivity contribution is 0.287. The van der Waals surface area contributed by atoms with Crippen LogP contribution in [0.3, 0.4) is 0 Å². The number of fused-ring (bicyclic) bond motifs is 2. The van der Waals surface area contributed by atoms with E-state index in [-0.39, 0.29) is 0 Å². The molecular formula is C15H18N6. The van der Waals surface area contributed by atoms with Gasteiger partial charge in [-0.1, -0.05) is 0 Å². The molecule has 2 bridgehead atoms. The molecule has 0 spiro atoms. The second kappa shape index (κ2) is 4.65. The summed E-state index contributed by atoms with van der Waals surface area (Å²) in [6.07, 6.45) is 6.34. The number of nitrogens with zero attached hydrogens (tertiary/aromatic N) is 6. The summed E-state index contributed by atoms with van der Waals surface area (Å²) in [4.78, 5) is 21.9. The van der Waals surface area contributed by atoms with Gasteiger partial charge in [-0.25, -0.2) is 19.9 Å². The Bertz CT molecular complexity index is 646. The van der Waals surface area contributed by atoms with Crippen molar-refractivity contribution in [1.29, 1.82) is 0 Å². The standard InChI is InChI=1S/C15H18N6/c1-10-11(2)17-9-19-15(10)20-6-12-5-13(7-20)21(12)14-3-4-16-8-18-14/h3-4,8-9,12-13H,5-7H2,1-2H3. The Morgan fingerprint density at radius 1 is 1.05 bits per heavy atom. The highest BCUT2D eigenvalue weighted by atomic mass is 15.4. The number of anilines is 2. The molecule has 5 heterocycles. The molecule has 2 atom stereocenters. The molecule has 2 aromatic heterocycles. The number of piperazine rings is 1. The third kappa shape index (κ3) is 1.93. The molecule has 3 aliphatic rings. The molecule has 3 saturated heterocycles. The van der Waals surface area contributed by atoms with Crippen molar-refractivity contribution in [3.05, 3.63) is 36.2 Å². The monoisotopic (exact) mass is 282 g/mol. The van der Waals surface area contributed by atoms with Gasteiger partial charge in [0.2, 0.25) is 0 Å². The molecule has 0 N–H and O–H groups in total. The van der Waals surface area contributed by atoms with E-state index in [9.17, 15) is 0 Å². The lowest BCUT2D eigenvalue weighted by atomic mass is 9.87. The lowest BCUT2D eigenvalue weighted by Gasteiger charge is -2.57. The molecular weight excluding hydrogens is 264 g/mol. The summed E-state index contributed by atoms with van der Waals surface area (Å²) in [5, 5.41) is 0. The van der Waals surface area contributed by atoms with Crippen LogP contribution in [0.5, 0.6) is 0 Å². The molecule has 5 rings (SSSR count). The van der Waals surface area contributed by atoms with E-state index in [0.717, 1.165) is 30.4 Å². The van der Waals surface area contributed by atoms with Crippen LogP contribution in [0.15, 0.2) is 24.9 Å². The zero-order chi connectivity index (χ0) is 14.4. The molecule has 0 amide bonds. The molecule has 6 heteroatoms. The number of piperidine rings is 1. The summed E-state index contributed by atoms with van der Waals surface area (Å²) in [6.45, 7) is 6.14. The van der Waals surface area contributed by atoms with Crippen LogP contribution in [0.2, 0.25) is 0 Å². The van der Waals surface area contributed by atoms with Gasteiger partial charge in [0.15, 0.2) is 0 Å². The Labute approximate surface area is 123 Å². The number of hydrogen-bond acceptors (Lipinski definition) is 6. The number of aryl methyl sites for hydroxylation is 1. The van der Waals surface area contributed by atoms with Crippen LogP contribution in [0.25, 0.3) is 0 Å². The van der Waals surface area contributed by atoms with Crippen molar-refractivity contribution in [3.63, 3.8) is 0 Å². The van der Waals surface area contributed by atoms with Gasteiger partial charge in [-0.15, -0.1) is 0 Å². The fraction of sp³-hybridized carbons (Fsp3) is 0.467. The van der Waals surface area contributed by atoms with Crippen LogP contribution >= 0.6 is 0 Å². The van der Waals surface area contributed by atoms with Gasteiger partial charge in [0.25, 0.3) is 0 Å². The highest BCUT2D eigenvalue weighted by molar-refractivity contribution is 5.54. The summed E-state index contributed by atoms with van der Waals surface area (Å²) in [6, 6.07) is 3.04. The van der Waals surface area contributed by atoms with Gasteiger partial charge in [-0.05, 0) is 26.3 Å². The third-order valence-electron chi connectivity index (χ3n) is 4.63. The highest BCUT2D eigenvalue weighted by Crippen LogP contribution is 2.37. The Morgan fingerprint density at radius 3 is 2.57 bits per heavy atom. The first-order chi connectivity index (χ1) is 10.2. The zero-order valence-electron chi connectivity index (χ0n) is 12.3. The molecule has 0 aliphatic carbocycles. The zero-order valence-corrected chi connectivity index (χ0v) is 12.3. The number of hydrogen-bond donors (Lipinski definition) is 0. The van der Waals surface area contributed by atoms with Crippen LogP contribution in [0.1, 0.15) is 17.7 Å². The molecule has 0 saturated carbocycles. The first kappa shape index (κ1) is 12.5. The van der Waals surface area contributed by atoms with E-state index in [1.54, 1.807) is 12.7 Å². The smallest absolute Gasteiger partial charge is 0.135 e. The van der Waals surface area contributed by atoms with Crippen LogP contribution in [-0.4, -0.2) is 45.1 Å². The van der Waals surface area contributed by atoms with E-state index >= 15 is 0 Å². The van der Waals surface area contributed by atoms with E-state index in [0.29, 0.717) is 12.1 Å². The van der Waals surface area contributed by atoms with E-state index in [1.807, 2.05) is 19.2 Å². The molecule has 0 aromatic carbocycles. The maximum Gasteiger partial charge on any atom is 0.135 e. The van der Waals surface area contributed by atoms with E-state index in [1.165, 1.54) is 12.0 Å². The topological polar surface area (TPSA) is 58.0 Å². The molecule has 0 radical (unpaired) electrons. The largest absolute Gasteiger partial charge is 0.352 e. The van der Waals surface area contributed by atoms with Gasteiger partial charge in [0.1, 0.15) is 24.3 Å². The van der Waals surface area contributed by atoms with Crippen molar-refractivity contribution in [2.75, 3.05) is 22.9 Å². The summed E-state index contributed by atoms with van der Waals surface area (Å²) in [5.74, 6) is 2.13. The number of rotatable bonds is 2. The first-order valence-corrected chi connectivity index (χ1v) is 7.31. The Hall–Kier alpha value is -2.24. The Morgan fingerprint density at radius 2 is 1.86 bits per heavy atom. The van der Waals surface area contributed by atoms with Crippen molar-refractivity contribution < 1.29 is 0 Å². The van der Waals surface area contributed by atoms with E-state index in [4.69, 9.17) is 0 Å². The van der Waals surface area contributed by atoms with Crippen LogP contribution in [0.4, 0.5) is 11.6 Å². The molecule has 6 nitrogen and oxygen atoms in total. The fourth-order valence-corrected chi connectivity index (χ4v) is 3.44. The van der Waals surface area contributed by atoms with Crippen molar-refractivity contribution in [2.24, 2.45) is 0 Å². The van der Waals surface area contributed by atoms with Gasteiger partial charge in [0.05, 0.1) is 12.1 Å². The van der Waals surface area contributed by atoms with Crippen molar-refractivity contribution in [2.45, 2.75) is 32.4 Å². The molecule has 2 unspecified atom stereocenters. The van der Waals surface area contributed by atoms with Crippen LogP contribution in [-0.2, 0) is 0 Å². The molecule has 108 valence electrons. The van der Waals surface area contributed by atoms with E-state index in [2.05, 4.69) is 36.7 Å². The second-order valence-electron chi connectivity index (χ2n) is 5.83. The van der Waals surface area contributed by atoms with Gasteiger partial charge in [0, 0.05) is 30.5 Å². The van der Waals surface area contributed by atoms with Crippen molar-refractivity contribution in [1.82, 2.24) is 19.9 Å². The predicted molar refractivity (Wildman–Crippen MR) is 80.4 cm³/mol. The quantitative estimate of drug-likeness (QED) is 0.829. The minimum atomic E-state index is 0.522. The van der Waals surface area contributed by atoms with Crippen LogP contribution in [0, 0.1) is 13.8 Å². The predicted octanol–water partition coefficient (Wildman–Crippen LogP) is 1.35. The minimum Gasteiger partial charge on any atom is -0.352 e. The van der Waals surface area contributed by atoms with E-state index < -0.39 is 0 Å². The molecule has 21 heavy (non-hydrogen) atoms. The maximum atomic E-state index is 4.49. The Kier molecular flexibility index (Phi) is 2.77. The average molecular weight is 282 g/mol. The van der Waals surface area contributed by atoms with Gasteiger partial charge >= 0.3 is 0 Å². The maximum absolute atomic E-state index is 4.49. The number of aromatic nitrogens is 4. The van der Waals surface area contributed by atoms with Gasteiger partial charge in [-0.3, -0.25) is 0 Å². The SMILES string of the molecule is Cc1ncnc(N2CC3CC(C2)N3c2ccncn2)c1C. The Balaban J connectivity index is 1.56. The molecule has 2 aromatic rings. The van der Waals surface area contributed by atoms with Crippen LogP contribution < -0.4 is 9.80 Å². The summed E-state index contributed by atoms with van der Waals surface area (Å²) in [7, 11) is 0.